The summed E-state index contributed by atoms with van der Waals surface area (Å²) in [7, 11) is 0. The van der Waals surface area contributed by atoms with Crippen LogP contribution in [0.3, 0.4) is 0 Å². The van der Waals surface area contributed by atoms with E-state index in [1.165, 1.54) is 11.1 Å². The van der Waals surface area contributed by atoms with E-state index in [0.29, 0.717) is 15.1 Å². The van der Waals surface area contributed by atoms with Crippen molar-refractivity contribution in [1.29, 1.82) is 0 Å². The van der Waals surface area contributed by atoms with Crippen LogP contribution < -0.4 is 0 Å². The first-order chi connectivity index (χ1) is 10.2. The Labute approximate surface area is 139 Å². The molecule has 0 saturated carbocycles. The largest absolute Gasteiger partial charge is 0.0827 e. The van der Waals surface area contributed by atoms with E-state index in [0.717, 1.165) is 0 Å². The third-order valence-electron chi connectivity index (χ3n) is 2.79. The highest BCUT2D eigenvalue weighted by Crippen LogP contribution is 2.28. The third kappa shape index (κ3) is 4.78. The minimum atomic E-state index is 0.417. The van der Waals surface area contributed by atoms with Crippen molar-refractivity contribution in [2.45, 2.75) is 0 Å². The molecule has 0 N–H and O–H groups in total. The number of halogens is 3. The van der Waals surface area contributed by atoms with E-state index in [1.54, 1.807) is 18.2 Å². The van der Waals surface area contributed by atoms with E-state index in [9.17, 15) is 0 Å². The van der Waals surface area contributed by atoms with Crippen LogP contribution >= 0.6 is 34.8 Å². The lowest BCUT2D eigenvalue weighted by molar-refractivity contribution is 1.62. The van der Waals surface area contributed by atoms with Gasteiger partial charge >= 0.3 is 0 Å². The van der Waals surface area contributed by atoms with Gasteiger partial charge in [-0.05, 0) is 23.3 Å². The van der Waals surface area contributed by atoms with Crippen molar-refractivity contribution >= 4 is 34.8 Å². The van der Waals surface area contributed by atoms with Crippen molar-refractivity contribution in [2.24, 2.45) is 0 Å². The molecule has 0 aromatic heterocycles. The molecule has 3 aromatic rings. The Hall–Kier alpha value is -1.47. The summed E-state index contributed by atoms with van der Waals surface area (Å²) in [5.41, 5.74) is 2.55. The molecular formula is C18H13Cl3. The SMILES string of the molecule is Clc1cccc(Cl)c1Cl.c1ccc(-c2ccccc2)cc1. The summed E-state index contributed by atoms with van der Waals surface area (Å²) in [5.74, 6) is 0. The van der Waals surface area contributed by atoms with Crippen LogP contribution in [-0.2, 0) is 0 Å². The van der Waals surface area contributed by atoms with Crippen molar-refractivity contribution in [3.05, 3.63) is 93.9 Å². The van der Waals surface area contributed by atoms with E-state index in [2.05, 4.69) is 48.5 Å². The van der Waals surface area contributed by atoms with Crippen LogP contribution in [0.4, 0.5) is 0 Å². The summed E-state index contributed by atoms with van der Waals surface area (Å²) >= 11 is 16.8. The second-order valence-corrected chi connectivity index (χ2v) is 5.46. The smallest absolute Gasteiger partial charge is 0.0778 e. The second kappa shape index (κ2) is 8.09. The molecule has 0 radical (unpaired) electrons. The Morgan fingerprint density at radius 2 is 0.810 bits per heavy atom. The van der Waals surface area contributed by atoms with Gasteiger partial charge in [-0.25, -0.2) is 0 Å². The maximum atomic E-state index is 5.61. The van der Waals surface area contributed by atoms with E-state index in [1.807, 2.05) is 12.1 Å². The van der Waals surface area contributed by atoms with Crippen molar-refractivity contribution in [2.75, 3.05) is 0 Å². The molecule has 21 heavy (non-hydrogen) atoms. The van der Waals surface area contributed by atoms with Gasteiger partial charge in [0.2, 0.25) is 0 Å². The molecule has 0 nitrogen and oxygen atoms in total. The summed E-state index contributed by atoms with van der Waals surface area (Å²) < 4.78 is 0. The summed E-state index contributed by atoms with van der Waals surface area (Å²) in [6.45, 7) is 0. The number of hydrogen-bond acceptors (Lipinski definition) is 0. The highest BCUT2D eigenvalue weighted by atomic mass is 35.5. The molecule has 0 aliphatic carbocycles. The van der Waals surface area contributed by atoms with E-state index >= 15 is 0 Å². The Morgan fingerprint density at radius 1 is 0.429 bits per heavy atom. The molecule has 0 atom stereocenters. The lowest BCUT2D eigenvalue weighted by Gasteiger charge is -1.98. The molecule has 106 valence electrons. The number of hydrogen-bond donors (Lipinski definition) is 0. The predicted molar refractivity (Wildman–Crippen MR) is 93.4 cm³/mol. The Kier molecular flexibility index (Phi) is 6.13. The molecule has 0 heterocycles. The maximum absolute atomic E-state index is 5.61. The van der Waals surface area contributed by atoms with Crippen LogP contribution in [0.1, 0.15) is 0 Å². The lowest BCUT2D eigenvalue weighted by atomic mass is 10.1. The molecule has 3 heteroatoms. The maximum Gasteiger partial charge on any atom is 0.0778 e. The lowest BCUT2D eigenvalue weighted by Crippen LogP contribution is -1.73. The number of rotatable bonds is 1. The zero-order chi connectivity index (χ0) is 15.1. The highest BCUT2D eigenvalue weighted by Gasteiger charge is 1.98. The summed E-state index contributed by atoms with van der Waals surface area (Å²) in [5, 5.41) is 1.40. The monoisotopic (exact) mass is 334 g/mol. The van der Waals surface area contributed by atoms with Crippen molar-refractivity contribution < 1.29 is 0 Å². The minimum absolute atomic E-state index is 0.417. The summed E-state index contributed by atoms with van der Waals surface area (Å²) in [4.78, 5) is 0. The van der Waals surface area contributed by atoms with Crippen LogP contribution in [0, 0.1) is 0 Å². The molecular weight excluding hydrogens is 323 g/mol. The zero-order valence-electron chi connectivity index (χ0n) is 11.1. The van der Waals surface area contributed by atoms with Crippen LogP contribution in [0.15, 0.2) is 78.9 Å². The van der Waals surface area contributed by atoms with Crippen LogP contribution in [0.5, 0.6) is 0 Å². The third-order valence-corrected chi connectivity index (χ3v) is 4.02. The highest BCUT2D eigenvalue weighted by molar-refractivity contribution is 6.47. The van der Waals surface area contributed by atoms with Crippen molar-refractivity contribution in [3.8, 4) is 11.1 Å². The normalized spacial score (nSPS) is 9.67. The Balaban J connectivity index is 0.000000161. The van der Waals surface area contributed by atoms with Gasteiger partial charge in [-0.2, -0.15) is 0 Å². The van der Waals surface area contributed by atoms with Gasteiger partial charge in [0.25, 0.3) is 0 Å². The molecule has 3 aromatic carbocycles. The summed E-state index contributed by atoms with van der Waals surface area (Å²) in [6.07, 6.45) is 0. The standard InChI is InChI=1S/C12H10.C6H3Cl3/c1-3-7-11(8-4-1)12-9-5-2-6-10-12;7-4-2-1-3-5(8)6(4)9/h1-10H;1-3H. The van der Waals surface area contributed by atoms with E-state index in [4.69, 9.17) is 34.8 Å². The van der Waals surface area contributed by atoms with Gasteiger partial charge in [0.05, 0.1) is 15.1 Å². The Bertz CT molecular complexity index is 622. The van der Waals surface area contributed by atoms with Gasteiger partial charge in [0, 0.05) is 0 Å². The van der Waals surface area contributed by atoms with Crippen molar-refractivity contribution in [3.63, 3.8) is 0 Å². The molecule has 0 saturated heterocycles. The fourth-order valence-electron chi connectivity index (χ4n) is 1.74. The first-order valence-electron chi connectivity index (χ1n) is 6.38. The number of benzene rings is 3. The van der Waals surface area contributed by atoms with Gasteiger partial charge in [-0.3, -0.25) is 0 Å². The fourth-order valence-corrected chi connectivity index (χ4v) is 2.26. The topological polar surface area (TPSA) is 0 Å². The minimum Gasteiger partial charge on any atom is -0.0827 e. The van der Waals surface area contributed by atoms with Crippen LogP contribution in [0.2, 0.25) is 15.1 Å². The zero-order valence-corrected chi connectivity index (χ0v) is 13.4. The Morgan fingerprint density at radius 3 is 1.14 bits per heavy atom. The van der Waals surface area contributed by atoms with Gasteiger partial charge in [-0.1, -0.05) is 102 Å². The second-order valence-electron chi connectivity index (χ2n) is 4.27. The average molecular weight is 336 g/mol. The average Bonchev–Trinajstić information content (AvgIpc) is 2.55. The molecule has 0 bridgehead atoms. The van der Waals surface area contributed by atoms with E-state index < -0.39 is 0 Å². The predicted octanol–water partition coefficient (Wildman–Crippen LogP) is 7.00. The molecule has 0 spiro atoms. The van der Waals surface area contributed by atoms with Gasteiger partial charge in [-0.15, -0.1) is 0 Å². The molecule has 0 amide bonds. The fraction of sp³-hybridized carbons (Fsp3) is 0. The molecule has 0 aliphatic heterocycles. The molecule has 3 rings (SSSR count). The first kappa shape index (κ1) is 15.9. The van der Waals surface area contributed by atoms with Gasteiger partial charge in [0.1, 0.15) is 0 Å². The molecule has 0 fully saturated rings. The van der Waals surface area contributed by atoms with E-state index in [-0.39, 0.29) is 0 Å². The van der Waals surface area contributed by atoms with Gasteiger partial charge < -0.3 is 0 Å². The van der Waals surface area contributed by atoms with Gasteiger partial charge in [0.15, 0.2) is 0 Å². The quantitative estimate of drug-likeness (QED) is 0.420. The first-order valence-corrected chi connectivity index (χ1v) is 7.52. The van der Waals surface area contributed by atoms with Crippen LogP contribution in [0.25, 0.3) is 11.1 Å². The molecule has 0 unspecified atom stereocenters. The molecule has 0 aliphatic rings. The van der Waals surface area contributed by atoms with Crippen molar-refractivity contribution in [1.82, 2.24) is 0 Å². The van der Waals surface area contributed by atoms with Crippen LogP contribution in [-0.4, -0.2) is 0 Å². The summed E-state index contributed by atoms with van der Waals surface area (Å²) in [6, 6.07) is 25.9.